The zero-order valence-electron chi connectivity index (χ0n) is 11.3. The second-order valence-corrected chi connectivity index (χ2v) is 4.71. The quantitative estimate of drug-likeness (QED) is 0.696. The van der Waals surface area contributed by atoms with Gasteiger partial charge in [0.15, 0.2) is 0 Å². The van der Waals surface area contributed by atoms with Crippen LogP contribution in [0, 0.1) is 13.8 Å². The van der Waals surface area contributed by atoms with E-state index in [2.05, 4.69) is 41.6 Å². The summed E-state index contributed by atoms with van der Waals surface area (Å²) in [5.74, 6) is 0.922. The number of nitrogens with zero attached hydrogens (tertiary/aromatic N) is 2. The van der Waals surface area contributed by atoms with E-state index in [1.54, 1.807) is 7.11 Å². The van der Waals surface area contributed by atoms with E-state index in [0.29, 0.717) is 0 Å². The van der Waals surface area contributed by atoms with E-state index < -0.39 is 0 Å². The summed E-state index contributed by atoms with van der Waals surface area (Å²) < 4.78 is 7.48. The van der Waals surface area contributed by atoms with Crippen molar-refractivity contribution in [2.45, 2.75) is 13.8 Å². The van der Waals surface area contributed by atoms with Crippen molar-refractivity contribution in [3.8, 4) is 11.4 Å². The standard InChI is InChI=1S/C16H16N2O/c1-11-9-16(19-3)12(2)8-15(11)18-10-17-13-6-4-5-7-14(13)18/h4-10H,1-3H3. The molecule has 3 aromatic rings. The minimum Gasteiger partial charge on any atom is -0.496 e. The number of aromatic nitrogens is 2. The molecule has 0 N–H and O–H groups in total. The lowest BCUT2D eigenvalue weighted by Gasteiger charge is -2.12. The van der Waals surface area contributed by atoms with Gasteiger partial charge in [0.25, 0.3) is 0 Å². The van der Waals surface area contributed by atoms with Crippen LogP contribution in [0.3, 0.4) is 0 Å². The van der Waals surface area contributed by atoms with Gasteiger partial charge in [0.1, 0.15) is 12.1 Å². The highest BCUT2D eigenvalue weighted by atomic mass is 16.5. The molecule has 1 aromatic heterocycles. The lowest BCUT2D eigenvalue weighted by Crippen LogP contribution is -1.98. The fraction of sp³-hybridized carbons (Fsp3) is 0.188. The summed E-state index contributed by atoms with van der Waals surface area (Å²) in [6.07, 6.45) is 1.87. The van der Waals surface area contributed by atoms with Crippen molar-refractivity contribution in [3.05, 3.63) is 53.9 Å². The van der Waals surface area contributed by atoms with Crippen molar-refractivity contribution in [1.29, 1.82) is 0 Å². The predicted octanol–water partition coefficient (Wildman–Crippen LogP) is 3.65. The molecule has 0 amide bonds. The maximum absolute atomic E-state index is 5.36. The Balaban J connectivity index is 2.24. The molecule has 0 fully saturated rings. The summed E-state index contributed by atoms with van der Waals surface area (Å²) in [6.45, 7) is 4.15. The number of imidazole rings is 1. The number of ether oxygens (including phenoxy) is 1. The Kier molecular flexibility index (Phi) is 2.75. The van der Waals surface area contributed by atoms with Crippen LogP contribution in [0.4, 0.5) is 0 Å². The lowest BCUT2D eigenvalue weighted by molar-refractivity contribution is 0.411. The van der Waals surface area contributed by atoms with Gasteiger partial charge in [-0.3, -0.25) is 4.57 Å². The molecule has 0 unspecified atom stereocenters. The normalized spacial score (nSPS) is 10.9. The van der Waals surface area contributed by atoms with E-state index in [0.717, 1.165) is 28.0 Å². The number of hydrogen-bond donors (Lipinski definition) is 0. The molecule has 1 heterocycles. The van der Waals surface area contributed by atoms with E-state index in [1.165, 1.54) is 5.56 Å². The summed E-state index contributed by atoms with van der Waals surface area (Å²) in [5, 5.41) is 0. The Morgan fingerprint density at radius 2 is 1.84 bits per heavy atom. The number of fused-ring (bicyclic) bond motifs is 1. The Bertz CT molecular complexity index is 744. The molecule has 0 spiro atoms. The van der Waals surface area contributed by atoms with E-state index in [-0.39, 0.29) is 0 Å². The SMILES string of the molecule is COc1cc(C)c(-n2cnc3ccccc32)cc1C. The Morgan fingerprint density at radius 3 is 2.63 bits per heavy atom. The van der Waals surface area contributed by atoms with Crippen LogP contribution in [0.2, 0.25) is 0 Å². The van der Waals surface area contributed by atoms with Gasteiger partial charge < -0.3 is 4.74 Å². The van der Waals surface area contributed by atoms with Gasteiger partial charge >= 0.3 is 0 Å². The Morgan fingerprint density at radius 1 is 1.05 bits per heavy atom. The minimum absolute atomic E-state index is 0.922. The van der Waals surface area contributed by atoms with E-state index in [4.69, 9.17) is 4.74 Å². The molecule has 0 saturated carbocycles. The molecule has 0 aliphatic heterocycles. The van der Waals surface area contributed by atoms with Crippen LogP contribution in [-0.4, -0.2) is 16.7 Å². The van der Waals surface area contributed by atoms with Gasteiger partial charge in [-0.25, -0.2) is 4.98 Å². The van der Waals surface area contributed by atoms with Gasteiger partial charge in [-0.2, -0.15) is 0 Å². The minimum atomic E-state index is 0.922. The van der Waals surface area contributed by atoms with Crippen molar-refractivity contribution in [1.82, 2.24) is 9.55 Å². The molecule has 0 atom stereocenters. The smallest absolute Gasteiger partial charge is 0.122 e. The molecule has 19 heavy (non-hydrogen) atoms. The monoisotopic (exact) mass is 252 g/mol. The van der Waals surface area contributed by atoms with Crippen molar-refractivity contribution in [2.24, 2.45) is 0 Å². The maximum Gasteiger partial charge on any atom is 0.122 e. The third-order valence-electron chi connectivity index (χ3n) is 3.43. The van der Waals surface area contributed by atoms with Crippen LogP contribution in [0.1, 0.15) is 11.1 Å². The molecule has 0 aliphatic carbocycles. The van der Waals surface area contributed by atoms with Crippen molar-refractivity contribution < 1.29 is 4.74 Å². The number of para-hydroxylation sites is 2. The highest BCUT2D eigenvalue weighted by Crippen LogP contribution is 2.27. The van der Waals surface area contributed by atoms with Gasteiger partial charge in [0.05, 0.1) is 23.8 Å². The Hall–Kier alpha value is -2.29. The summed E-state index contributed by atoms with van der Waals surface area (Å²) in [6, 6.07) is 12.4. The molecular weight excluding hydrogens is 236 g/mol. The molecule has 2 aromatic carbocycles. The number of aryl methyl sites for hydroxylation is 2. The van der Waals surface area contributed by atoms with Gasteiger partial charge in [-0.05, 0) is 49.2 Å². The maximum atomic E-state index is 5.36. The lowest BCUT2D eigenvalue weighted by atomic mass is 10.1. The van der Waals surface area contributed by atoms with Gasteiger partial charge in [-0.1, -0.05) is 12.1 Å². The second-order valence-electron chi connectivity index (χ2n) is 4.71. The van der Waals surface area contributed by atoms with Crippen molar-refractivity contribution in [3.63, 3.8) is 0 Å². The first kappa shape index (κ1) is 11.8. The van der Waals surface area contributed by atoms with Gasteiger partial charge in [0.2, 0.25) is 0 Å². The molecule has 0 bridgehead atoms. The highest BCUT2D eigenvalue weighted by molar-refractivity contribution is 5.77. The summed E-state index contributed by atoms with van der Waals surface area (Å²) in [5.41, 5.74) is 5.57. The Labute approximate surface area is 112 Å². The fourth-order valence-electron chi connectivity index (χ4n) is 2.41. The predicted molar refractivity (Wildman–Crippen MR) is 77.1 cm³/mol. The highest BCUT2D eigenvalue weighted by Gasteiger charge is 2.09. The zero-order valence-corrected chi connectivity index (χ0v) is 11.3. The average Bonchev–Trinajstić information content (AvgIpc) is 2.84. The second kappa shape index (κ2) is 4.43. The first-order chi connectivity index (χ1) is 9.20. The summed E-state index contributed by atoms with van der Waals surface area (Å²) >= 11 is 0. The molecule has 3 rings (SSSR count). The van der Waals surface area contributed by atoms with Crippen molar-refractivity contribution in [2.75, 3.05) is 7.11 Å². The van der Waals surface area contributed by atoms with E-state index in [9.17, 15) is 0 Å². The first-order valence-electron chi connectivity index (χ1n) is 6.28. The van der Waals surface area contributed by atoms with E-state index >= 15 is 0 Å². The van der Waals surface area contributed by atoms with Gasteiger partial charge in [0, 0.05) is 0 Å². The van der Waals surface area contributed by atoms with E-state index in [1.807, 2.05) is 24.5 Å². The molecular formula is C16H16N2O. The summed E-state index contributed by atoms with van der Waals surface area (Å²) in [4.78, 5) is 4.44. The van der Waals surface area contributed by atoms with Crippen LogP contribution in [-0.2, 0) is 0 Å². The number of benzene rings is 2. The van der Waals surface area contributed by atoms with Crippen LogP contribution in [0.25, 0.3) is 16.7 Å². The molecule has 0 saturated heterocycles. The average molecular weight is 252 g/mol. The fourth-order valence-corrected chi connectivity index (χ4v) is 2.41. The van der Waals surface area contributed by atoms with Gasteiger partial charge in [-0.15, -0.1) is 0 Å². The molecule has 3 nitrogen and oxygen atoms in total. The molecule has 96 valence electrons. The summed E-state index contributed by atoms with van der Waals surface area (Å²) in [7, 11) is 1.70. The topological polar surface area (TPSA) is 27.1 Å². The third-order valence-corrected chi connectivity index (χ3v) is 3.43. The zero-order chi connectivity index (χ0) is 13.4. The van der Waals surface area contributed by atoms with Crippen LogP contribution >= 0.6 is 0 Å². The van der Waals surface area contributed by atoms with Crippen molar-refractivity contribution >= 4 is 11.0 Å². The van der Waals surface area contributed by atoms with Crippen LogP contribution in [0.5, 0.6) is 5.75 Å². The third kappa shape index (κ3) is 1.87. The largest absolute Gasteiger partial charge is 0.496 e. The molecule has 0 aliphatic rings. The first-order valence-corrected chi connectivity index (χ1v) is 6.28. The molecule has 0 radical (unpaired) electrons. The number of methoxy groups -OCH3 is 1. The van der Waals surface area contributed by atoms with Crippen LogP contribution in [0.15, 0.2) is 42.7 Å². The number of hydrogen-bond acceptors (Lipinski definition) is 2. The number of rotatable bonds is 2. The van der Waals surface area contributed by atoms with Crippen LogP contribution < -0.4 is 4.74 Å². The molecule has 3 heteroatoms.